The van der Waals surface area contributed by atoms with Gasteiger partial charge >= 0.3 is 5.97 Å². The van der Waals surface area contributed by atoms with E-state index in [2.05, 4.69) is 35.9 Å². The van der Waals surface area contributed by atoms with Crippen molar-refractivity contribution in [2.45, 2.75) is 58.8 Å². The monoisotopic (exact) mass is 770 g/mol. The molecular formula is C34H39ClN8O9S. The molecule has 0 spiro atoms. The maximum absolute atomic E-state index is 12.9. The first-order valence-corrected chi connectivity index (χ1v) is 16.7. The summed E-state index contributed by atoms with van der Waals surface area (Å²) in [6.07, 6.45) is 4.59. The summed E-state index contributed by atoms with van der Waals surface area (Å²) in [7, 11) is 0. The average molecular weight is 771 g/mol. The number of carboxylic acid groups (broad SMARTS) is 1. The highest BCUT2D eigenvalue weighted by molar-refractivity contribution is 7.80. The van der Waals surface area contributed by atoms with Crippen molar-refractivity contribution in [3.8, 4) is 34.5 Å². The van der Waals surface area contributed by atoms with E-state index in [1.165, 1.54) is 18.8 Å². The molecule has 0 fully saturated rings. The number of aromatic carboxylic acids is 1. The van der Waals surface area contributed by atoms with Crippen molar-refractivity contribution in [2.75, 3.05) is 6.61 Å². The minimum Gasteiger partial charge on any atom is -0.476 e. The Morgan fingerprint density at radius 2 is 1.57 bits per heavy atom. The predicted octanol–water partition coefficient (Wildman–Crippen LogP) is 3.89. The Morgan fingerprint density at radius 3 is 2.23 bits per heavy atom. The molecule has 2 amide bonds. The Balaban J connectivity index is 0.00000627. The molecule has 4 atom stereocenters. The van der Waals surface area contributed by atoms with Crippen LogP contribution in [0.4, 0.5) is 0 Å². The number of carboxylic acids is 1. The molecule has 0 saturated carbocycles. The van der Waals surface area contributed by atoms with E-state index in [1.807, 2.05) is 27.7 Å². The van der Waals surface area contributed by atoms with Gasteiger partial charge in [-0.3, -0.25) is 9.59 Å². The summed E-state index contributed by atoms with van der Waals surface area (Å²) < 4.78 is 22.4. The number of hydrogen-bond donors (Lipinski definition) is 6. The number of aliphatic hydroxyl groups excluding tert-OH is 1. The van der Waals surface area contributed by atoms with E-state index in [1.54, 1.807) is 30.3 Å². The number of halogens is 1. The summed E-state index contributed by atoms with van der Waals surface area (Å²) >= 11 is 5.46. The van der Waals surface area contributed by atoms with Gasteiger partial charge in [0.2, 0.25) is 35.4 Å². The van der Waals surface area contributed by atoms with Crippen LogP contribution in [0.15, 0.2) is 66.8 Å². The highest BCUT2D eigenvalue weighted by Crippen LogP contribution is 2.28. The van der Waals surface area contributed by atoms with Gasteiger partial charge < -0.3 is 49.6 Å². The Labute approximate surface area is 314 Å². The van der Waals surface area contributed by atoms with Crippen LogP contribution < -0.4 is 21.7 Å². The fourth-order valence-electron chi connectivity index (χ4n) is 4.88. The standard InChI is InChI=1S/C34H38N8O9S.ClH/c1-5-17(4)24(35)28(44)41-25(16(2)3)29(45)36-11-23-37-20(13-48-23)30-38-21(14-49-30)31-39-22(15-50-31)33(52)40-19(12-43)32-42-26(34(46)47)27(51-32)18-9-7-6-8-10-18;/h6-10,13-17,19,24-25,43H,5,11-12,35H2,1-4H3,(H,36,45)(H,40,52)(H,41,44)(H,46,47);1H/t17-,19-,24-,25+;/m0./s1. The van der Waals surface area contributed by atoms with Crippen molar-refractivity contribution in [3.05, 3.63) is 72.3 Å². The van der Waals surface area contributed by atoms with Gasteiger partial charge in [0.25, 0.3) is 0 Å². The largest absolute Gasteiger partial charge is 0.476 e. The van der Waals surface area contributed by atoms with E-state index >= 15 is 0 Å². The molecule has 0 radical (unpaired) electrons. The molecule has 0 aliphatic carbocycles. The number of aliphatic hydroxyl groups is 1. The lowest BCUT2D eigenvalue weighted by Gasteiger charge is -2.25. The quantitative estimate of drug-likeness (QED) is 0.0778. The maximum Gasteiger partial charge on any atom is 0.358 e. The summed E-state index contributed by atoms with van der Waals surface area (Å²) in [5, 5.41) is 28.1. The molecular weight excluding hydrogens is 732 g/mol. The Kier molecular flexibility index (Phi) is 13.6. The van der Waals surface area contributed by atoms with Crippen molar-refractivity contribution in [1.82, 2.24) is 35.9 Å². The fraction of sp³-hybridized carbons (Fsp3) is 0.353. The lowest BCUT2D eigenvalue weighted by Crippen LogP contribution is -2.55. The number of benzene rings is 1. The molecule has 0 unspecified atom stereocenters. The van der Waals surface area contributed by atoms with Crippen LogP contribution in [0.2, 0.25) is 0 Å². The normalized spacial score (nSPS) is 13.4. The van der Waals surface area contributed by atoms with E-state index < -0.39 is 42.5 Å². The van der Waals surface area contributed by atoms with Crippen LogP contribution in [0.3, 0.4) is 0 Å². The zero-order chi connectivity index (χ0) is 37.5. The second kappa shape index (κ2) is 17.9. The van der Waals surface area contributed by atoms with Crippen molar-refractivity contribution >= 4 is 47.4 Å². The highest BCUT2D eigenvalue weighted by Gasteiger charge is 2.29. The highest BCUT2D eigenvalue weighted by atomic mass is 35.5. The number of nitrogens with one attached hydrogen (secondary N) is 3. The summed E-state index contributed by atoms with van der Waals surface area (Å²) in [5.41, 5.74) is 6.84. The molecule has 5 rings (SSSR count). The van der Waals surface area contributed by atoms with Crippen LogP contribution in [-0.4, -0.2) is 71.6 Å². The van der Waals surface area contributed by atoms with E-state index in [0.29, 0.717) is 5.56 Å². The smallest absolute Gasteiger partial charge is 0.358 e. The number of nitrogens with zero attached hydrogens (tertiary/aromatic N) is 4. The Bertz CT molecular complexity index is 2030. The number of carbonyl (C=O) groups excluding carboxylic acids is 2. The summed E-state index contributed by atoms with van der Waals surface area (Å²) in [5.74, 6) is -2.12. The third-order valence-corrected chi connectivity index (χ3v) is 8.45. The molecule has 0 aliphatic heterocycles. The van der Waals surface area contributed by atoms with Crippen LogP contribution in [0.25, 0.3) is 34.5 Å². The zero-order valence-corrected chi connectivity index (χ0v) is 30.7. The fourth-order valence-corrected chi connectivity index (χ4v) is 5.11. The van der Waals surface area contributed by atoms with E-state index in [-0.39, 0.29) is 87.9 Å². The maximum atomic E-state index is 12.9. The van der Waals surface area contributed by atoms with Gasteiger partial charge in [-0.2, -0.15) is 0 Å². The first kappa shape index (κ1) is 40.3. The molecule has 0 saturated heterocycles. The number of hydrogen-bond acceptors (Lipinski definition) is 14. The van der Waals surface area contributed by atoms with Gasteiger partial charge in [-0.05, 0) is 11.8 Å². The van der Waals surface area contributed by atoms with Crippen molar-refractivity contribution in [3.63, 3.8) is 0 Å². The second-order valence-corrected chi connectivity index (χ2v) is 12.6. The van der Waals surface area contributed by atoms with E-state index in [0.717, 1.165) is 6.42 Å². The topological polar surface area (TPSA) is 258 Å². The molecule has 0 bridgehead atoms. The van der Waals surface area contributed by atoms with Crippen LogP contribution in [0, 0.1) is 11.8 Å². The molecule has 0 aliphatic rings. The summed E-state index contributed by atoms with van der Waals surface area (Å²) in [6.45, 7) is 6.84. The third kappa shape index (κ3) is 9.52. The second-order valence-electron chi connectivity index (χ2n) is 12.2. The average Bonchev–Trinajstić information content (AvgIpc) is 3.97. The number of aromatic nitrogens is 4. The molecule has 282 valence electrons. The van der Waals surface area contributed by atoms with Gasteiger partial charge in [-0.25, -0.2) is 24.7 Å². The number of oxazole rings is 4. The number of nitrogens with two attached hydrogens (primary N) is 1. The lowest BCUT2D eigenvalue weighted by atomic mass is 9.97. The zero-order valence-electron chi connectivity index (χ0n) is 29.1. The van der Waals surface area contributed by atoms with Crippen LogP contribution in [-0.2, 0) is 16.1 Å². The molecule has 4 aromatic heterocycles. The molecule has 17 nitrogen and oxygen atoms in total. The first-order valence-electron chi connectivity index (χ1n) is 16.3. The van der Waals surface area contributed by atoms with Crippen LogP contribution in [0.1, 0.15) is 68.1 Å². The molecule has 53 heavy (non-hydrogen) atoms. The Hall–Kier alpha value is -5.43. The van der Waals surface area contributed by atoms with Crippen LogP contribution >= 0.6 is 24.6 Å². The SMILES string of the molecule is CC[C@H](C)[C@H](N)C(=O)N[C@@H](C(=O)NCc1nc(-c2nc(-c3nc(C(=S)N[C@@H](CO)c4nc(C(=O)O)c(-c5ccccc5)o4)co3)co2)co1)C(C)C.Cl. The number of carbonyl (C=O) groups is 3. The predicted molar refractivity (Wildman–Crippen MR) is 194 cm³/mol. The first-order chi connectivity index (χ1) is 24.9. The van der Waals surface area contributed by atoms with Crippen LogP contribution in [0.5, 0.6) is 0 Å². The minimum absolute atomic E-state index is 0. The summed E-state index contributed by atoms with van der Waals surface area (Å²) in [4.78, 5) is 54.6. The van der Waals surface area contributed by atoms with Crippen molar-refractivity contribution in [2.24, 2.45) is 17.6 Å². The molecule has 5 aromatic rings. The van der Waals surface area contributed by atoms with E-state index in [4.69, 9.17) is 35.6 Å². The molecule has 7 N–H and O–H groups in total. The number of rotatable bonds is 16. The Morgan fingerprint density at radius 1 is 0.906 bits per heavy atom. The van der Waals surface area contributed by atoms with Crippen molar-refractivity contribution in [1.29, 1.82) is 0 Å². The van der Waals surface area contributed by atoms with Gasteiger partial charge in [0, 0.05) is 5.56 Å². The van der Waals surface area contributed by atoms with Crippen molar-refractivity contribution < 1.29 is 42.3 Å². The van der Waals surface area contributed by atoms with Gasteiger partial charge in [0.15, 0.2) is 22.8 Å². The summed E-state index contributed by atoms with van der Waals surface area (Å²) in [6, 6.07) is 6.04. The van der Waals surface area contributed by atoms with Gasteiger partial charge in [0.1, 0.15) is 41.6 Å². The minimum atomic E-state index is -1.30. The van der Waals surface area contributed by atoms with E-state index in [9.17, 15) is 24.6 Å². The molecule has 19 heteroatoms. The van der Waals surface area contributed by atoms with Gasteiger partial charge in [-0.15, -0.1) is 12.4 Å². The lowest BCUT2D eigenvalue weighted by molar-refractivity contribution is -0.131. The van der Waals surface area contributed by atoms with Gasteiger partial charge in [0.05, 0.1) is 19.2 Å². The molecule has 1 aromatic carbocycles. The molecule has 4 heterocycles. The third-order valence-electron chi connectivity index (χ3n) is 8.12. The number of amides is 2. The van der Waals surface area contributed by atoms with Gasteiger partial charge in [-0.1, -0.05) is 76.7 Å². The number of thiocarbonyl (C=S) groups is 1.